The van der Waals surface area contributed by atoms with Crippen LogP contribution in [0.5, 0.6) is 0 Å². The Morgan fingerprint density at radius 3 is 1.89 bits per heavy atom. The Kier molecular flexibility index (Phi) is 10.1. The average Bonchev–Trinajstić information content (AvgIpc) is 2.30. The number of rotatable bonds is 12. The molecule has 0 atom stereocenters. The molecule has 0 heterocycles. The molecule has 1 N–H and O–H groups in total. The molecule has 0 rings (SSSR count). The van der Waals surface area contributed by atoms with Crippen molar-refractivity contribution in [2.75, 3.05) is 0 Å². The molecule has 0 saturated carbocycles. The smallest absolute Gasteiger partial charge is 0.303 e. The normalized spacial score (nSPS) is 11.7. The third kappa shape index (κ3) is 11.9. The highest BCUT2D eigenvalue weighted by atomic mass is 16.4. The van der Waals surface area contributed by atoms with Gasteiger partial charge in [-0.2, -0.15) is 0 Å². The molecular formula is C16H32O2. The number of carboxylic acids is 1. The van der Waals surface area contributed by atoms with Gasteiger partial charge in [-0.15, -0.1) is 0 Å². The van der Waals surface area contributed by atoms with Crippen molar-refractivity contribution < 1.29 is 9.90 Å². The highest BCUT2D eigenvalue weighted by molar-refractivity contribution is 5.66. The van der Waals surface area contributed by atoms with Crippen LogP contribution in [0, 0.1) is 5.41 Å². The SMILES string of the molecule is CCCCCCCCCCC(C)(C)CCC(=O)O. The van der Waals surface area contributed by atoms with E-state index in [-0.39, 0.29) is 5.41 Å². The van der Waals surface area contributed by atoms with Gasteiger partial charge in [0, 0.05) is 6.42 Å². The molecule has 0 amide bonds. The van der Waals surface area contributed by atoms with Gasteiger partial charge in [0.25, 0.3) is 0 Å². The molecule has 0 saturated heterocycles. The molecule has 0 aromatic heterocycles. The Hall–Kier alpha value is -0.530. The van der Waals surface area contributed by atoms with E-state index in [1.807, 2.05) is 0 Å². The second kappa shape index (κ2) is 10.4. The third-order valence-electron chi connectivity index (χ3n) is 3.72. The number of carboxylic acid groups (broad SMARTS) is 1. The summed E-state index contributed by atoms with van der Waals surface area (Å²) in [6.07, 6.45) is 13.0. The first-order valence-corrected chi connectivity index (χ1v) is 7.70. The molecule has 0 aliphatic heterocycles. The molecule has 0 bridgehead atoms. The molecule has 0 radical (unpaired) electrons. The zero-order chi connectivity index (χ0) is 13.9. The first-order valence-electron chi connectivity index (χ1n) is 7.70. The van der Waals surface area contributed by atoms with Gasteiger partial charge in [-0.3, -0.25) is 4.79 Å². The minimum atomic E-state index is -0.668. The maximum atomic E-state index is 10.5. The van der Waals surface area contributed by atoms with Gasteiger partial charge in [0.1, 0.15) is 0 Å². The molecule has 0 aromatic carbocycles. The molecule has 108 valence electrons. The van der Waals surface area contributed by atoms with Gasteiger partial charge in [-0.25, -0.2) is 0 Å². The van der Waals surface area contributed by atoms with E-state index < -0.39 is 5.97 Å². The Bertz CT molecular complexity index is 209. The van der Waals surface area contributed by atoms with Crippen molar-refractivity contribution in [3.05, 3.63) is 0 Å². The number of aliphatic carboxylic acids is 1. The molecule has 0 fully saturated rings. The fourth-order valence-corrected chi connectivity index (χ4v) is 2.31. The molecule has 0 aromatic rings. The highest BCUT2D eigenvalue weighted by Gasteiger charge is 2.18. The second-order valence-electron chi connectivity index (χ2n) is 6.28. The predicted molar refractivity (Wildman–Crippen MR) is 77.9 cm³/mol. The lowest BCUT2D eigenvalue weighted by Crippen LogP contribution is -2.13. The monoisotopic (exact) mass is 256 g/mol. The van der Waals surface area contributed by atoms with Crippen LogP contribution in [0.2, 0.25) is 0 Å². The van der Waals surface area contributed by atoms with Crippen LogP contribution in [0.4, 0.5) is 0 Å². The summed E-state index contributed by atoms with van der Waals surface area (Å²) in [4.78, 5) is 10.5. The Morgan fingerprint density at radius 2 is 1.39 bits per heavy atom. The lowest BCUT2D eigenvalue weighted by molar-refractivity contribution is -0.137. The van der Waals surface area contributed by atoms with Crippen LogP contribution in [0.1, 0.15) is 91.4 Å². The summed E-state index contributed by atoms with van der Waals surface area (Å²) in [6, 6.07) is 0. The first kappa shape index (κ1) is 17.5. The Balaban J connectivity index is 3.38. The fourth-order valence-electron chi connectivity index (χ4n) is 2.31. The largest absolute Gasteiger partial charge is 0.481 e. The summed E-state index contributed by atoms with van der Waals surface area (Å²) in [5.41, 5.74) is 0.195. The summed E-state index contributed by atoms with van der Waals surface area (Å²) >= 11 is 0. The summed E-state index contributed by atoms with van der Waals surface area (Å²) in [5, 5.41) is 8.69. The van der Waals surface area contributed by atoms with Gasteiger partial charge in [0.2, 0.25) is 0 Å². The van der Waals surface area contributed by atoms with Crippen LogP contribution in [0.15, 0.2) is 0 Å². The maximum absolute atomic E-state index is 10.5. The van der Waals surface area contributed by atoms with Crippen LogP contribution in [0.3, 0.4) is 0 Å². The van der Waals surface area contributed by atoms with Gasteiger partial charge in [0.05, 0.1) is 0 Å². The molecular weight excluding hydrogens is 224 g/mol. The van der Waals surface area contributed by atoms with E-state index in [2.05, 4.69) is 20.8 Å². The quantitative estimate of drug-likeness (QED) is 0.474. The number of carbonyl (C=O) groups is 1. The van der Waals surface area contributed by atoms with E-state index in [4.69, 9.17) is 5.11 Å². The van der Waals surface area contributed by atoms with Crippen LogP contribution in [-0.4, -0.2) is 11.1 Å². The van der Waals surface area contributed by atoms with Gasteiger partial charge in [-0.1, -0.05) is 72.1 Å². The van der Waals surface area contributed by atoms with Crippen molar-refractivity contribution in [2.24, 2.45) is 5.41 Å². The summed E-state index contributed by atoms with van der Waals surface area (Å²) in [6.45, 7) is 6.63. The predicted octanol–water partition coefficient (Wildman–Crippen LogP) is 5.41. The van der Waals surface area contributed by atoms with Crippen molar-refractivity contribution in [2.45, 2.75) is 91.4 Å². The van der Waals surface area contributed by atoms with Crippen LogP contribution >= 0.6 is 0 Å². The van der Waals surface area contributed by atoms with Gasteiger partial charge < -0.3 is 5.11 Å². The number of hydrogen-bond acceptors (Lipinski definition) is 1. The Labute approximate surface area is 113 Å². The minimum Gasteiger partial charge on any atom is -0.481 e. The maximum Gasteiger partial charge on any atom is 0.303 e. The van der Waals surface area contributed by atoms with Gasteiger partial charge in [-0.05, 0) is 18.3 Å². The van der Waals surface area contributed by atoms with Gasteiger partial charge in [0.15, 0.2) is 0 Å². The van der Waals surface area contributed by atoms with Crippen LogP contribution < -0.4 is 0 Å². The van der Waals surface area contributed by atoms with Crippen molar-refractivity contribution in [3.8, 4) is 0 Å². The minimum absolute atomic E-state index is 0.195. The van der Waals surface area contributed by atoms with Gasteiger partial charge >= 0.3 is 5.97 Å². The Morgan fingerprint density at radius 1 is 0.889 bits per heavy atom. The topological polar surface area (TPSA) is 37.3 Å². The van der Waals surface area contributed by atoms with Crippen molar-refractivity contribution in [1.82, 2.24) is 0 Å². The van der Waals surface area contributed by atoms with E-state index in [0.717, 1.165) is 12.8 Å². The second-order valence-corrected chi connectivity index (χ2v) is 6.28. The third-order valence-corrected chi connectivity index (χ3v) is 3.72. The van der Waals surface area contributed by atoms with Crippen molar-refractivity contribution >= 4 is 5.97 Å². The molecule has 2 nitrogen and oxygen atoms in total. The summed E-state index contributed by atoms with van der Waals surface area (Å²) < 4.78 is 0. The first-order chi connectivity index (χ1) is 8.48. The van der Waals surface area contributed by atoms with E-state index >= 15 is 0 Å². The number of hydrogen-bond donors (Lipinski definition) is 1. The van der Waals surface area contributed by atoms with E-state index in [1.54, 1.807) is 0 Å². The summed E-state index contributed by atoms with van der Waals surface area (Å²) in [7, 11) is 0. The van der Waals surface area contributed by atoms with Crippen LogP contribution in [-0.2, 0) is 4.79 Å². The van der Waals surface area contributed by atoms with Crippen molar-refractivity contribution in [1.29, 1.82) is 0 Å². The molecule has 0 spiro atoms. The van der Waals surface area contributed by atoms with E-state index in [9.17, 15) is 4.79 Å². The van der Waals surface area contributed by atoms with Crippen molar-refractivity contribution in [3.63, 3.8) is 0 Å². The highest BCUT2D eigenvalue weighted by Crippen LogP contribution is 2.29. The fraction of sp³-hybridized carbons (Fsp3) is 0.938. The lowest BCUT2D eigenvalue weighted by atomic mass is 9.82. The van der Waals surface area contributed by atoms with E-state index in [0.29, 0.717) is 6.42 Å². The molecule has 18 heavy (non-hydrogen) atoms. The standard InChI is InChI=1S/C16H32O2/c1-4-5-6-7-8-9-10-11-13-16(2,3)14-12-15(17)18/h4-14H2,1-3H3,(H,17,18). The zero-order valence-corrected chi connectivity index (χ0v) is 12.6. The lowest BCUT2D eigenvalue weighted by Gasteiger charge is -2.23. The number of unbranched alkanes of at least 4 members (excludes halogenated alkanes) is 7. The van der Waals surface area contributed by atoms with Crippen LogP contribution in [0.25, 0.3) is 0 Å². The molecule has 0 aliphatic carbocycles. The molecule has 0 unspecified atom stereocenters. The molecule has 2 heteroatoms. The average molecular weight is 256 g/mol. The molecule has 0 aliphatic rings. The van der Waals surface area contributed by atoms with E-state index in [1.165, 1.54) is 51.4 Å². The zero-order valence-electron chi connectivity index (χ0n) is 12.6. The summed E-state index contributed by atoms with van der Waals surface area (Å²) in [5.74, 6) is -0.668.